The Bertz CT molecular complexity index is 495. The lowest BCUT2D eigenvalue weighted by Crippen LogP contribution is -2.68. The Labute approximate surface area is 108 Å². The summed E-state index contributed by atoms with van der Waals surface area (Å²) in [6, 6.07) is 3.68. The van der Waals surface area contributed by atoms with Gasteiger partial charge in [0.25, 0.3) is 0 Å². The van der Waals surface area contributed by atoms with Crippen molar-refractivity contribution in [2.45, 2.75) is 25.3 Å². The van der Waals surface area contributed by atoms with Crippen molar-refractivity contribution in [3.8, 4) is 0 Å². The van der Waals surface area contributed by atoms with Gasteiger partial charge in [0.1, 0.15) is 0 Å². The zero-order valence-corrected chi connectivity index (χ0v) is 11.4. The molecule has 0 saturated carbocycles. The summed E-state index contributed by atoms with van der Waals surface area (Å²) in [7, 11) is -3.17. The van der Waals surface area contributed by atoms with Gasteiger partial charge < -0.3 is 5.73 Å². The molecule has 1 fully saturated rings. The smallest absolute Gasteiger partial charge is 0.214 e. The lowest BCUT2D eigenvalue weighted by molar-refractivity contribution is 0.153. The van der Waals surface area contributed by atoms with Gasteiger partial charge in [-0.1, -0.05) is 6.92 Å². The van der Waals surface area contributed by atoms with Crippen LogP contribution >= 0.6 is 0 Å². The summed E-state index contributed by atoms with van der Waals surface area (Å²) in [5.74, 6) is 0.136. The molecule has 18 heavy (non-hydrogen) atoms. The molecule has 100 valence electrons. The second-order valence-corrected chi connectivity index (χ2v) is 6.99. The van der Waals surface area contributed by atoms with Crippen molar-refractivity contribution in [2.75, 3.05) is 18.8 Å². The van der Waals surface area contributed by atoms with Crippen LogP contribution in [0.5, 0.6) is 0 Å². The van der Waals surface area contributed by atoms with Crippen molar-refractivity contribution in [3.05, 3.63) is 30.1 Å². The first-order chi connectivity index (χ1) is 8.45. The maximum absolute atomic E-state index is 12.0. The van der Waals surface area contributed by atoms with E-state index in [0.717, 1.165) is 12.0 Å². The predicted octanol–water partition coefficient (Wildman–Crippen LogP) is 0.377. The molecule has 1 aromatic heterocycles. The van der Waals surface area contributed by atoms with Crippen molar-refractivity contribution < 1.29 is 8.42 Å². The fourth-order valence-corrected chi connectivity index (χ4v) is 3.66. The van der Waals surface area contributed by atoms with Crippen LogP contribution in [0.3, 0.4) is 0 Å². The van der Waals surface area contributed by atoms with Gasteiger partial charge in [-0.3, -0.25) is 4.98 Å². The van der Waals surface area contributed by atoms with Gasteiger partial charge in [-0.15, -0.1) is 0 Å². The molecular weight excluding hydrogens is 250 g/mol. The molecule has 0 atom stereocenters. The van der Waals surface area contributed by atoms with E-state index < -0.39 is 10.0 Å². The quantitative estimate of drug-likeness (QED) is 0.838. The first kappa shape index (κ1) is 13.5. The third-order valence-electron chi connectivity index (χ3n) is 3.48. The minimum Gasteiger partial charge on any atom is -0.323 e. The summed E-state index contributed by atoms with van der Waals surface area (Å²) >= 11 is 0. The van der Waals surface area contributed by atoms with Gasteiger partial charge in [-0.25, -0.2) is 8.42 Å². The van der Waals surface area contributed by atoms with Gasteiger partial charge in [0.15, 0.2) is 0 Å². The Morgan fingerprint density at radius 3 is 2.56 bits per heavy atom. The largest absolute Gasteiger partial charge is 0.323 e. The minimum atomic E-state index is -3.17. The zero-order chi connectivity index (χ0) is 13.2. The molecule has 2 rings (SSSR count). The third-order valence-corrected chi connectivity index (χ3v) is 5.24. The van der Waals surface area contributed by atoms with Gasteiger partial charge in [0, 0.05) is 31.0 Å². The van der Waals surface area contributed by atoms with Crippen molar-refractivity contribution in [1.29, 1.82) is 0 Å². The Morgan fingerprint density at radius 2 is 2.00 bits per heavy atom. The molecule has 0 aliphatic carbocycles. The highest BCUT2D eigenvalue weighted by Gasteiger charge is 2.43. The predicted molar refractivity (Wildman–Crippen MR) is 70.5 cm³/mol. The van der Waals surface area contributed by atoms with Gasteiger partial charge >= 0.3 is 0 Å². The standard InChI is InChI=1S/C12H19N3O2S/c1-2-12(13)9-15(10-12)18(16,17)8-5-11-3-6-14-7-4-11/h3-4,6-7H,2,5,8-10,13H2,1H3. The Hall–Kier alpha value is -0.980. The average molecular weight is 269 g/mol. The minimum absolute atomic E-state index is 0.136. The number of sulfonamides is 1. The van der Waals surface area contributed by atoms with E-state index in [1.54, 1.807) is 12.4 Å². The maximum Gasteiger partial charge on any atom is 0.214 e. The van der Waals surface area contributed by atoms with E-state index >= 15 is 0 Å². The number of pyridine rings is 1. The van der Waals surface area contributed by atoms with E-state index in [0.29, 0.717) is 19.5 Å². The van der Waals surface area contributed by atoms with Crippen LogP contribution in [-0.4, -0.2) is 42.1 Å². The molecule has 1 aliphatic heterocycles. The molecular formula is C12H19N3O2S. The number of rotatable bonds is 5. The van der Waals surface area contributed by atoms with Crippen LogP contribution in [0.25, 0.3) is 0 Å². The molecule has 0 spiro atoms. The summed E-state index contributed by atoms with van der Waals surface area (Å²) in [5.41, 5.74) is 6.66. The zero-order valence-electron chi connectivity index (χ0n) is 10.5. The van der Waals surface area contributed by atoms with Crippen LogP contribution in [0.4, 0.5) is 0 Å². The van der Waals surface area contributed by atoms with E-state index in [9.17, 15) is 8.42 Å². The number of aromatic nitrogens is 1. The highest BCUT2D eigenvalue weighted by molar-refractivity contribution is 7.89. The average Bonchev–Trinajstić information content (AvgIpc) is 2.34. The number of nitrogens with two attached hydrogens (primary N) is 1. The molecule has 0 unspecified atom stereocenters. The second-order valence-electron chi connectivity index (χ2n) is 4.91. The molecule has 2 heterocycles. The molecule has 0 radical (unpaired) electrons. The van der Waals surface area contributed by atoms with Gasteiger partial charge in [-0.05, 0) is 30.5 Å². The van der Waals surface area contributed by atoms with E-state index in [1.165, 1.54) is 4.31 Å². The summed E-state index contributed by atoms with van der Waals surface area (Å²) < 4.78 is 25.6. The van der Waals surface area contributed by atoms with Crippen molar-refractivity contribution in [1.82, 2.24) is 9.29 Å². The molecule has 5 nitrogen and oxygen atoms in total. The van der Waals surface area contributed by atoms with Crippen LogP contribution in [-0.2, 0) is 16.4 Å². The van der Waals surface area contributed by atoms with Crippen LogP contribution in [0, 0.1) is 0 Å². The van der Waals surface area contributed by atoms with Crippen molar-refractivity contribution in [2.24, 2.45) is 5.73 Å². The summed E-state index contributed by atoms with van der Waals surface area (Å²) in [6.45, 7) is 2.88. The SMILES string of the molecule is CCC1(N)CN(S(=O)(=O)CCc2ccncc2)C1. The Kier molecular flexibility index (Phi) is 3.70. The lowest BCUT2D eigenvalue weighted by atomic mass is 9.91. The Balaban J connectivity index is 1.90. The molecule has 6 heteroatoms. The van der Waals surface area contributed by atoms with Gasteiger partial charge in [0.2, 0.25) is 10.0 Å². The van der Waals surface area contributed by atoms with Crippen molar-refractivity contribution >= 4 is 10.0 Å². The first-order valence-electron chi connectivity index (χ1n) is 6.11. The molecule has 1 aromatic rings. The normalized spacial score (nSPS) is 19.4. The number of hydrogen-bond acceptors (Lipinski definition) is 4. The van der Waals surface area contributed by atoms with E-state index in [-0.39, 0.29) is 11.3 Å². The second kappa shape index (κ2) is 4.95. The fraction of sp³-hybridized carbons (Fsp3) is 0.583. The third kappa shape index (κ3) is 2.88. The first-order valence-corrected chi connectivity index (χ1v) is 7.72. The highest BCUT2D eigenvalue weighted by atomic mass is 32.2. The highest BCUT2D eigenvalue weighted by Crippen LogP contribution is 2.25. The van der Waals surface area contributed by atoms with Gasteiger partial charge in [0.05, 0.1) is 5.75 Å². The monoisotopic (exact) mass is 269 g/mol. The van der Waals surface area contributed by atoms with Crippen LogP contribution in [0.1, 0.15) is 18.9 Å². The summed E-state index contributed by atoms with van der Waals surface area (Å²) in [6.07, 6.45) is 4.68. The maximum atomic E-state index is 12.0. The fourth-order valence-electron chi connectivity index (χ4n) is 2.00. The summed E-state index contributed by atoms with van der Waals surface area (Å²) in [4.78, 5) is 3.91. The van der Waals surface area contributed by atoms with Crippen LogP contribution in [0.2, 0.25) is 0 Å². The molecule has 2 N–H and O–H groups in total. The Morgan fingerprint density at radius 1 is 1.39 bits per heavy atom. The molecule has 1 saturated heterocycles. The molecule has 0 aromatic carbocycles. The number of aryl methyl sites for hydroxylation is 1. The topological polar surface area (TPSA) is 76.3 Å². The number of nitrogens with zero attached hydrogens (tertiary/aromatic N) is 2. The van der Waals surface area contributed by atoms with E-state index in [4.69, 9.17) is 5.73 Å². The van der Waals surface area contributed by atoms with Crippen molar-refractivity contribution in [3.63, 3.8) is 0 Å². The lowest BCUT2D eigenvalue weighted by Gasteiger charge is -2.46. The van der Waals surface area contributed by atoms with Crippen LogP contribution < -0.4 is 5.73 Å². The number of hydrogen-bond donors (Lipinski definition) is 1. The molecule has 1 aliphatic rings. The van der Waals surface area contributed by atoms with E-state index in [1.807, 2.05) is 19.1 Å². The van der Waals surface area contributed by atoms with Crippen LogP contribution in [0.15, 0.2) is 24.5 Å². The summed E-state index contributed by atoms with van der Waals surface area (Å²) in [5, 5.41) is 0. The van der Waals surface area contributed by atoms with E-state index in [2.05, 4.69) is 4.98 Å². The molecule has 0 amide bonds. The molecule has 0 bridgehead atoms. The van der Waals surface area contributed by atoms with Gasteiger partial charge in [-0.2, -0.15) is 4.31 Å².